The molecule has 0 unspecified atom stereocenters. The second kappa shape index (κ2) is 8.08. The molecule has 3 aromatic rings. The molecule has 3 heterocycles. The summed E-state index contributed by atoms with van der Waals surface area (Å²) in [4.78, 5) is 32.9. The quantitative estimate of drug-likeness (QED) is 0.673. The molecule has 0 fully saturated rings. The van der Waals surface area contributed by atoms with Gasteiger partial charge in [-0.25, -0.2) is 4.79 Å². The zero-order valence-electron chi connectivity index (χ0n) is 15.6. The van der Waals surface area contributed by atoms with E-state index >= 15 is 0 Å². The van der Waals surface area contributed by atoms with Crippen LogP contribution < -0.4 is 5.32 Å². The number of aromatic nitrogens is 1. The number of hydrogen-bond donors (Lipinski definition) is 1. The van der Waals surface area contributed by atoms with Gasteiger partial charge in [0.05, 0.1) is 17.6 Å². The topological polar surface area (TPSA) is 71.5 Å². The molecular formula is C21H21N3O3S. The van der Waals surface area contributed by atoms with E-state index in [1.165, 1.54) is 0 Å². The first-order chi connectivity index (χ1) is 13.6. The van der Waals surface area contributed by atoms with Crippen LogP contribution >= 0.6 is 11.3 Å². The number of ether oxygens (including phenoxy) is 1. The number of pyridine rings is 1. The molecule has 6 nitrogen and oxygen atoms in total. The van der Waals surface area contributed by atoms with Crippen molar-refractivity contribution < 1.29 is 14.3 Å². The van der Waals surface area contributed by atoms with Crippen LogP contribution in [0.25, 0.3) is 10.9 Å². The third kappa shape index (κ3) is 3.90. The zero-order chi connectivity index (χ0) is 19.5. The molecule has 0 bridgehead atoms. The van der Waals surface area contributed by atoms with Crippen molar-refractivity contribution in [1.82, 2.24) is 15.2 Å². The highest BCUT2D eigenvalue weighted by Crippen LogP contribution is 2.28. The molecule has 1 aliphatic heterocycles. The first-order valence-electron chi connectivity index (χ1n) is 9.17. The predicted octanol–water partition coefficient (Wildman–Crippen LogP) is 2.76. The molecule has 0 saturated heterocycles. The highest BCUT2D eigenvalue weighted by Gasteiger charge is 2.25. The lowest BCUT2D eigenvalue weighted by atomic mass is 9.96. The van der Waals surface area contributed by atoms with Crippen molar-refractivity contribution in [3.8, 4) is 0 Å². The summed E-state index contributed by atoms with van der Waals surface area (Å²) in [6.07, 6.45) is 0.790. The molecule has 1 aromatic carbocycles. The maximum absolute atomic E-state index is 12.9. The average molecular weight is 395 g/mol. The van der Waals surface area contributed by atoms with E-state index < -0.39 is 5.97 Å². The number of amides is 1. The molecule has 0 atom stereocenters. The monoisotopic (exact) mass is 395 g/mol. The second-order valence-electron chi connectivity index (χ2n) is 6.85. The molecule has 7 heteroatoms. The van der Waals surface area contributed by atoms with Crippen LogP contribution in [-0.4, -0.2) is 42.0 Å². The number of carbonyl (C=O) groups is 2. The van der Waals surface area contributed by atoms with Gasteiger partial charge in [-0.2, -0.15) is 0 Å². The van der Waals surface area contributed by atoms with E-state index in [2.05, 4.69) is 10.2 Å². The van der Waals surface area contributed by atoms with Crippen LogP contribution in [0.4, 0.5) is 0 Å². The van der Waals surface area contributed by atoms with E-state index in [4.69, 9.17) is 9.72 Å². The third-order valence-electron chi connectivity index (χ3n) is 4.82. The number of esters is 1. The lowest BCUT2D eigenvalue weighted by Crippen LogP contribution is -2.31. The Morgan fingerprint density at radius 1 is 1.25 bits per heavy atom. The van der Waals surface area contributed by atoms with Gasteiger partial charge in [0.25, 0.3) is 5.91 Å². The normalized spacial score (nSPS) is 13.9. The molecular weight excluding hydrogens is 374 g/mol. The molecule has 4 rings (SSSR count). The number of hydrogen-bond acceptors (Lipinski definition) is 6. The lowest BCUT2D eigenvalue weighted by molar-refractivity contribution is -0.124. The van der Waals surface area contributed by atoms with Crippen molar-refractivity contribution in [2.75, 3.05) is 20.2 Å². The van der Waals surface area contributed by atoms with Crippen molar-refractivity contribution in [1.29, 1.82) is 0 Å². The number of rotatable bonds is 5. The molecule has 0 aliphatic carbocycles. The fourth-order valence-electron chi connectivity index (χ4n) is 3.41. The van der Waals surface area contributed by atoms with Crippen LogP contribution in [0.15, 0.2) is 41.8 Å². The minimum atomic E-state index is -0.476. The number of likely N-dealkylation sites (N-methyl/N-ethyl adjacent to an activating group) is 1. The Labute approximate surface area is 167 Å². The maximum Gasteiger partial charge on any atom is 0.339 e. The molecule has 1 aliphatic rings. The number of para-hydroxylation sites is 1. The summed E-state index contributed by atoms with van der Waals surface area (Å²) in [5, 5.41) is 5.49. The number of nitrogens with one attached hydrogen (secondary N) is 1. The summed E-state index contributed by atoms with van der Waals surface area (Å²) in [6, 6.07) is 11.4. The smallest absolute Gasteiger partial charge is 0.339 e. The fraction of sp³-hybridized carbons (Fsp3) is 0.286. The molecule has 1 N–H and O–H groups in total. The summed E-state index contributed by atoms with van der Waals surface area (Å²) >= 11 is 1.57. The SMILES string of the molecule is CN1CCc2nc3ccccc3c(C(=O)OCC(=O)NCc3cccs3)c2C1. The van der Waals surface area contributed by atoms with Crippen molar-refractivity contribution in [3.05, 3.63) is 63.5 Å². The van der Waals surface area contributed by atoms with Crippen molar-refractivity contribution in [2.24, 2.45) is 0 Å². The van der Waals surface area contributed by atoms with E-state index in [1.807, 2.05) is 48.8 Å². The van der Waals surface area contributed by atoms with Crippen LogP contribution in [0.2, 0.25) is 0 Å². The van der Waals surface area contributed by atoms with Gasteiger partial charge in [-0.1, -0.05) is 24.3 Å². The first-order valence-corrected chi connectivity index (χ1v) is 10.0. The van der Waals surface area contributed by atoms with E-state index in [0.717, 1.165) is 40.0 Å². The fourth-order valence-corrected chi connectivity index (χ4v) is 4.06. The number of benzene rings is 1. The molecule has 0 radical (unpaired) electrons. The van der Waals surface area contributed by atoms with E-state index in [0.29, 0.717) is 18.7 Å². The maximum atomic E-state index is 12.9. The predicted molar refractivity (Wildman–Crippen MR) is 108 cm³/mol. The van der Waals surface area contributed by atoms with Gasteiger partial charge in [0.2, 0.25) is 0 Å². The summed E-state index contributed by atoms with van der Waals surface area (Å²) in [5.41, 5.74) is 3.14. The average Bonchev–Trinajstić information content (AvgIpc) is 3.22. The largest absolute Gasteiger partial charge is 0.452 e. The first kappa shape index (κ1) is 18.6. The molecule has 2 aromatic heterocycles. The third-order valence-corrected chi connectivity index (χ3v) is 5.69. The van der Waals surface area contributed by atoms with Gasteiger partial charge in [0, 0.05) is 41.0 Å². The minimum Gasteiger partial charge on any atom is -0.452 e. The molecule has 1 amide bonds. The van der Waals surface area contributed by atoms with Gasteiger partial charge >= 0.3 is 5.97 Å². The Balaban J connectivity index is 1.53. The van der Waals surface area contributed by atoms with Gasteiger partial charge in [0.1, 0.15) is 0 Å². The zero-order valence-corrected chi connectivity index (χ0v) is 16.4. The van der Waals surface area contributed by atoms with Crippen LogP contribution in [0.5, 0.6) is 0 Å². The Kier molecular flexibility index (Phi) is 5.36. The Hall–Kier alpha value is -2.77. The van der Waals surface area contributed by atoms with Crippen molar-refractivity contribution in [2.45, 2.75) is 19.5 Å². The standard InChI is InChI=1S/C21H21N3O3S/c1-24-9-8-18-16(12-24)20(15-6-2-3-7-17(15)23-18)21(26)27-13-19(25)22-11-14-5-4-10-28-14/h2-7,10H,8-9,11-13H2,1H3,(H,22,25). The van der Waals surface area contributed by atoms with Crippen LogP contribution in [0.3, 0.4) is 0 Å². The Morgan fingerprint density at radius 2 is 2.11 bits per heavy atom. The summed E-state index contributed by atoms with van der Waals surface area (Å²) in [5.74, 6) is -0.789. The van der Waals surface area contributed by atoms with E-state index in [1.54, 1.807) is 11.3 Å². The van der Waals surface area contributed by atoms with Crippen LogP contribution in [0.1, 0.15) is 26.5 Å². The Morgan fingerprint density at radius 3 is 2.93 bits per heavy atom. The van der Waals surface area contributed by atoms with Crippen LogP contribution in [-0.2, 0) is 29.0 Å². The number of thiophene rings is 1. The van der Waals surface area contributed by atoms with Crippen molar-refractivity contribution in [3.63, 3.8) is 0 Å². The summed E-state index contributed by atoms with van der Waals surface area (Å²) < 4.78 is 5.38. The summed E-state index contributed by atoms with van der Waals surface area (Å²) in [7, 11) is 2.02. The van der Waals surface area contributed by atoms with Gasteiger partial charge in [0.15, 0.2) is 6.61 Å². The van der Waals surface area contributed by atoms with Crippen molar-refractivity contribution >= 4 is 34.1 Å². The van der Waals surface area contributed by atoms with E-state index in [9.17, 15) is 9.59 Å². The minimum absolute atomic E-state index is 0.300. The number of fused-ring (bicyclic) bond motifs is 2. The second-order valence-corrected chi connectivity index (χ2v) is 7.88. The molecule has 0 saturated carbocycles. The molecule has 0 spiro atoms. The number of carbonyl (C=O) groups excluding carboxylic acids is 2. The number of nitrogens with zero attached hydrogens (tertiary/aromatic N) is 2. The highest BCUT2D eigenvalue weighted by molar-refractivity contribution is 7.09. The van der Waals surface area contributed by atoms with Gasteiger partial charge in [-0.3, -0.25) is 9.78 Å². The summed E-state index contributed by atoms with van der Waals surface area (Å²) in [6.45, 7) is 1.68. The van der Waals surface area contributed by atoms with Gasteiger partial charge in [-0.15, -0.1) is 11.3 Å². The Bertz CT molecular complexity index is 1020. The van der Waals surface area contributed by atoms with Crippen LogP contribution in [0, 0.1) is 0 Å². The van der Waals surface area contributed by atoms with Gasteiger partial charge in [-0.05, 0) is 24.6 Å². The lowest BCUT2D eigenvalue weighted by Gasteiger charge is -2.26. The molecule has 28 heavy (non-hydrogen) atoms. The highest BCUT2D eigenvalue weighted by atomic mass is 32.1. The van der Waals surface area contributed by atoms with Gasteiger partial charge < -0.3 is 15.0 Å². The van der Waals surface area contributed by atoms with E-state index in [-0.39, 0.29) is 12.5 Å². The molecule has 144 valence electrons.